The van der Waals surface area contributed by atoms with Crippen molar-refractivity contribution in [2.45, 2.75) is 19.9 Å². The van der Waals surface area contributed by atoms with Crippen molar-refractivity contribution in [1.29, 1.82) is 0 Å². The van der Waals surface area contributed by atoms with Crippen LogP contribution >= 0.6 is 15.9 Å². The van der Waals surface area contributed by atoms with Crippen molar-refractivity contribution >= 4 is 44.1 Å². The maximum Gasteiger partial charge on any atom is 0.239 e. The Balaban J connectivity index is 2.33. The number of pyridine rings is 1. The summed E-state index contributed by atoms with van der Waals surface area (Å²) in [6, 6.07) is 5.79. The van der Waals surface area contributed by atoms with E-state index in [1.165, 1.54) is 0 Å². The fourth-order valence-corrected chi connectivity index (χ4v) is 2.51. The summed E-state index contributed by atoms with van der Waals surface area (Å²) in [5.74, 6) is -0.0189. The lowest BCUT2D eigenvalue weighted by molar-refractivity contribution is -0.120. The molecule has 0 spiro atoms. The number of nitrogens with two attached hydrogens (primary N) is 1. The molecule has 0 aliphatic rings. The van der Waals surface area contributed by atoms with Gasteiger partial charge in [0.1, 0.15) is 0 Å². The van der Waals surface area contributed by atoms with Crippen molar-refractivity contribution in [2.24, 2.45) is 0 Å². The lowest BCUT2D eigenvalue weighted by Crippen LogP contribution is -2.38. The van der Waals surface area contributed by atoms with Gasteiger partial charge in [0.15, 0.2) is 0 Å². The molecular weight excluding hydrogens is 332 g/mol. The molecule has 0 atom stereocenters. The van der Waals surface area contributed by atoms with Gasteiger partial charge in [-0.25, -0.2) is 0 Å². The van der Waals surface area contributed by atoms with Gasteiger partial charge in [-0.05, 0) is 48.0 Å². The van der Waals surface area contributed by atoms with Crippen molar-refractivity contribution in [2.75, 3.05) is 24.2 Å². The molecule has 0 radical (unpaired) electrons. The van der Waals surface area contributed by atoms with Crippen molar-refractivity contribution in [3.8, 4) is 0 Å². The van der Waals surface area contributed by atoms with Gasteiger partial charge in [0, 0.05) is 34.8 Å². The van der Waals surface area contributed by atoms with Crippen LogP contribution in [0.3, 0.4) is 0 Å². The molecule has 0 unspecified atom stereocenters. The van der Waals surface area contributed by atoms with E-state index in [1.807, 2.05) is 44.0 Å². The van der Waals surface area contributed by atoms with Gasteiger partial charge in [-0.15, -0.1) is 0 Å². The maximum atomic E-state index is 11.9. The largest absolute Gasteiger partial charge is 0.398 e. The Morgan fingerprint density at radius 3 is 2.86 bits per heavy atom. The minimum atomic E-state index is -0.0189. The van der Waals surface area contributed by atoms with Crippen molar-refractivity contribution in [3.05, 3.63) is 28.9 Å². The number of fused-ring (bicyclic) bond motifs is 1. The van der Waals surface area contributed by atoms with E-state index in [1.54, 1.807) is 6.20 Å². The number of amides is 1. The van der Waals surface area contributed by atoms with Crippen LogP contribution in [0.25, 0.3) is 10.9 Å². The molecule has 1 heterocycles. The number of nitrogens with one attached hydrogen (secondary N) is 1. The van der Waals surface area contributed by atoms with E-state index < -0.39 is 0 Å². The van der Waals surface area contributed by atoms with Gasteiger partial charge in [-0.1, -0.05) is 0 Å². The van der Waals surface area contributed by atoms with Crippen LogP contribution in [0.5, 0.6) is 0 Å². The molecule has 21 heavy (non-hydrogen) atoms. The Morgan fingerprint density at radius 1 is 1.48 bits per heavy atom. The summed E-state index contributed by atoms with van der Waals surface area (Å²) in [6.45, 7) is 4.15. The molecule has 0 aliphatic heterocycles. The fourth-order valence-electron chi connectivity index (χ4n) is 2.18. The SMILES string of the molecule is CC(C)NC(=O)CN(C)c1ccc(N)c2cc(Br)cnc12. The van der Waals surface area contributed by atoms with E-state index in [0.717, 1.165) is 21.1 Å². The van der Waals surface area contributed by atoms with E-state index >= 15 is 0 Å². The molecule has 1 aromatic carbocycles. The zero-order chi connectivity index (χ0) is 15.6. The Bertz CT molecular complexity index is 672. The first kappa shape index (κ1) is 15.6. The Hall–Kier alpha value is -1.82. The molecule has 0 fully saturated rings. The third-order valence-corrected chi connectivity index (χ3v) is 3.50. The van der Waals surface area contributed by atoms with E-state index in [4.69, 9.17) is 5.73 Å². The molecule has 0 aliphatic carbocycles. The van der Waals surface area contributed by atoms with Gasteiger partial charge in [-0.3, -0.25) is 9.78 Å². The minimum absolute atomic E-state index is 0.0189. The number of hydrogen-bond acceptors (Lipinski definition) is 4. The van der Waals surface area contributed by atoms with Crippen LogP contribution in [0.4, 0.5) is 11.4 Å². The van der Waals surface area contributed by atoms with E-state index in [2.05, 4.69) is 26.2 Å². The summed E-state index contributed by atoms with van der Waals surface area (Å²) in [4.78, 5) is 18.2. The first-order valence-corrected chi connectivity index (χ1v) is 7.52. The van der Waals surface area contributed by atoms with Crippen LogP contribution in [0.15, 0.2) is 28.9 Å². The summed E-state index contributed by atoms with van der Waals surface area (Å²) in [6.07, 6.45) is 1.73. The number of anilines is 2. The van der Waals surface area contributed by atoms with Gasteiger partial charge in [0.05, 0.1) is 17.7 Å². The number of carbonyl (C=O) groups excluding carboxylic acids is 1. The molecule has 6 heteroatoms. The normalized spacial score (nSPS) is 10.9. The lowest BCUT2D eigenvalue weighted by Gasteiger charge is -2.21. The van der Waals surface area contributed by atoms with Crippen LogP contribution < -0.4 is 16.0 Å². The highest BCUT2D eigenvalue weighted by molar-refractivity contribution is 9.10. The third-order valence-electron chi connectivity index (χ3n) is 3.07. The Labute approximate surface area is 132 Å². The maximum absolute atomic E-state index is 11.9. The second-order valence-corrected chi connectivity index (χ2v) is 6.22. The number of halogens is 1. The molecule has 3 N–H and O–H groups in total. The van der Waals surface area contributed by atoms with Gasteiger partial charge < -0.3 is 16.0 Å². The summed E-state index contributed by atoms with van der Waals surface area (Å²) in [7, 11) is 1.87. The standard InChI is InChI=1S/C15H19BrN4O/c1-9(2)19-14(21)8-20(3)13-5-4-12(17)11-6-10(16)7-18-15(11)13/h4-7,9H,8,17H2,1-3H3,(H,19,21). The molecule has 0 bridgehead atoms. The molecule has 1 amide bonds. The van der Waals surface area contributed by atoms with E-state index in [9.17, 15) is 4.79 Å². The monoisotopic (exact) mass is 350 g/mol. The van der Waals surface area contributed by atoms with Crippen LogP contribution in [-0.4, -0.2) is 30.5 Å². The summed E-state index contributed by atoms with van der Waals surface area (Å²) < 4.78 is 0.874. The van der Waals surface area contributed by atoms with E-state index in [-0.39, 0.29) is 18.5 Å². The van der Waals surface area contributed by atoms with Crippen LogP contribution in [0.2, 0.25) is 0 Å². The zero-order valence-corrected chi connectivity index (χ0v) is 13.9. The van der Waals surface area contributed by atoms with Crippen molar-refractivity contribution < 1.29 is 4.79 Å². The number of likely N-dealkylation sites (N-methyl/N-ethyl adjacent to an activating group) is 1. The highest BCUT2D eigenvalue weighted by atomic mass is 79.9. The number of nitrogen functional groups attached to an aromatic ring is 1. The molecule has 112 valence electrons. The van der Waals surface area contributed by atoms with E-state index in [0.29, 0.717) is 5.69 Å². The number of benzene rings is 1. The first-order chi connectivity index (χ1) is 9.88. The molecule has 0 saturated carbocycles. The Morgan fingerprint density at radius 2 is 2.19 bits per heavy atom. The zero-order valence-electron chi connectivity index (χ0n) is 12.4. The minimum Gasteiger partial charge on any atom is -0.398 e. The van der Waals surface area contributed by atoms with Crippen LogP contribution in [0, 0.1) is 0 Å². The number of rotatable bonds is 4. The molecule has 2 rings (SSSR count). The lowest BCUT2D eigenvalue weighted by atomic mass is 10.1. The molecule has 0 saturated heterocycles. The topological polar surface area (TPSA) is 71.2 Å². The van der Waals surface area contributed by atoms with Crippen LogP contribution in [-0.2, 0) is 4.79 Å². The predicted molar refractivity (Wildman–Crippen MR) is 90.4 cm³/mol. The number of nitrogens with zero attached hydrogens (tertiary/aromatic N) is 2. The smallest absolute Gasteiger partial charge is 0.239 e. The first-order valence-electron chi connectivity index (χ1n) is 6.72. The quantitative estimate of drug-likeness (QED) is 0.831. The fraction of sp³-hybridized carbons (Fsp3) is 0.333. The van der Waals surface area contributed by atoms with Crippen molar-refractivity contribution in [1.82, 2.24) is 10.3 Å². The predicted octanol–water partition coefficient (Wildman–Crippen LogP) is 2.54. The Kier molecular flexibility index (Phi) is 4.67. The molecule has 2 aromatic rings. The number of hydrogen-bond donors (Lipinski definition) is 2. The molecule has 5 nitrogen and oxygen atoms in total. The summed E-state index contributed by atoms with van der Waals surface area (Å²) >= 11 is 3.40. The second kappa shape index (κ2) is 6.30. The highest BCUT2D eigenvalue weighted by Gasteiger charge is 2.13. The van der Waals surface area contributed by atoms with Gasteiger partial charge in [0.2, 0.25) is 5.91 Å². The van der Waals surface area contributed by atoms with Crippen molar-refractivity contribution in [3.63, 3.8) is 0 Å². The molecule has 1 aromatic heterocycles. The van der Waals surface area contributed by atoms with Gasteiger partial charge in [-0.2, -0.15) is 0 Å². The number of aromatic nitrogens is 1. The number of carbonyl (C=O) groups is 1. The summed E-state index contributed by atoms with van der Waals surface area (Å²) in [5.41, 5.74) is 8.34. The van der Waals surface area contributed by atoms with Gasteiger partial charge in [0.25, 0.3) is 0 Å². The third kappa shape index (κ3) is 3.64. The average molecular weight is 351 g/mol. The van der Waals surface area contributed by atoms with Crippen LogP contribution in [0.1, 0.15) is 13.8 Å². The highest BCUT2D eigenvalue weighted by Crippen LogP contribution is 2.30. The molecular formula is C15H19BrN4O. The average Bonchev–Trinajstić information content (AvgIpc) is 2.38. The second-order valence-electron chi connectivity index (χ2n) is 5.30. The van der Waals surface area contributed by atoms with Gasteiger partial charge >= 0.3 is 0 Å². The summed E-state index contributed by atoms with van der Waals surface area (Å²) in [5, 5.41) is 3.75.